The number of carboxylic acids is 1. The van der Waals surface area contributed by atoms with Gasteiger partial charge in [0.25, 0.3) is 5.91 Å². The SMILES string of the molecule is Cn1cc(C(=O)NCC(C)(O)C(=O)O)c(C2CCCCC2)n1. The third-order valence-corrected chi connectivity index (χ3v) is 4.15. The highest BCUT2D eigenvalue weighted by atomic mass is 16.4. The minimum absolute atomic E-state index is 0.274. The molecule has 1 aromatic rings. The van der Waals surface area contributed by atoms with Crippen LogP contribution in [0.1, 0.15) is 61.0 Å². The van der Waals surface area contributed by atoms with Crippen LogP contribution in [0.5, 0.6) is 0 Å². The maximum Gasteiger partial charge on any atom is 0.337 e. The Morgan fingerprint density at radius 1 is 1.41 bits per heavy atom. The van der Waals surface area contributed by atoms with Crippen molar-refractivity contribution in [1.82, 2.24) is 15.1 Å². The number of hydrogen-bond acceptors (Lipinski definition) is 4. The molecule has 7 nitrogen and oxygen atoms in total. The molecule has 0 bridgehead atoms. The number of aryl methyl sites for hydroxylation is 1. The molecule has 7 heteroatoms. The number of aliphatic hydroxyl groups is 1. The summed E-state index contributed by atoms with van der Waals surface area (Å²) in [5.74, 6) is -1.49. The fourth-order valence-corrected chi connectivity index (χ4v) is 2.78. The lowest BCUT2D eigenvalue weighted by molar-refractivity contribution is -0.155. The predicted octanol–water partition coefficient (Wildman–Crippen LogP) is 1.03. The number of nitrogens with one attached hydrogen (secondary N) is 1. The smallest absolute Gasteiger partial charge is 0.337 e. The van der Waals surface area contributed by atoms with Crippen molar-refractivity contribution in [2.45, 2.75) is 50.5 Å². The number of rotatable bonds is 5. The van der Waals surface area contributed by atoms with E-state index in [-0.39, 0.29) is 12.5 Å². The van der Waals surface area contributed by atoms with Crippen molar-refractivity contribution in [2.24, 2.45) is 7.05 Å². The van der Waals surface area contributed by atoms with Crippen LogP contribution in [0.15, 0.2) is 6.20 Å². The van der Waals surface area contributed by atoms with Gasteiger partial charge in [-0.25, -0.2) is 4.79 Å². The first-order chi connectivity index (χ1) is 10.3. The van der Waals surface area contributed by atoms with Crippen LogP contribution in [0.4, 0.5) is 0 Å². The minimum Gasteiger partial charge on any atom is -0.479 e. The van der Waals surface area contributed by atoms with E-state index in [0.29, 0.717) is 5.56 Å². The number of aromatic nitrogens is 2. The van der Waals surface area contributed by atoms with Gasteiger partial charge in [0, 0.05) is 19.2 Å². The van der Waals surface area contributed by atoms with Crippen LogP contribution in [0.3, 0.4) is 0 Å². The van der Waals surface area contributed by atoms with E-state index < -0.39 is 17.5 Å². The molecule has 1 atom stereocenters. The van der Waals surface area contributed by atoms with Gasteiger partial charge >= 0.3 is 5.97 Å². The summed E-state index contributed by atoms with van der Waals surface area (Å²) >= 11 is 0. The molecule has 1 unspecified atom stereocenters. The standard InChI is InChI=1S/C15H23N3O4/c1-15(22,14(20)21)9-16-13(19)11-8-18(2)17-12(11)10-6-4-3-5-7-10/h8,10,22H,3-7,9H2,1-2H3,(H,16,19)(H,20,21). The largest absolute Gasteiger partial charge is 0.479 e. The van der Waals surface area contributed by atoms with E-state index >= 15 is 0 Å². The summed E-state index contributed by atoms with van der Waals surface area (Å²) in [6.45, 7) is 0.807. The summed E-state index contributed by atoms with van der Waals surface area (Å²) in [6.07, 6.45) is 7.17. The van der Waals surface area contributed by atoms with Crippen molar-refractivity contribution in [3.8, 4) is 0 Å². The van der Waals surface area contributed by atoms with Crippen molar-refractivity contribution < 1.29 is 19.8 Å². The molecule has 0 radical (unpaired) electrons. The van der Waals surface area contributed by atoms with Crippen LogP contribution in [0.2, 0.25) is 0 Å². The van der Waals surface area contributed by atoms with Crippen LogP contribution in [-0.2, 0) is 11.8 Å². The van der Waals surface area contributed by atoms with E-state index in [2.05, 4.69) is 10.4 Å². The fourth-order valence-electron chi connectivity index (χ4n) is 2.78. The van der Waals surface area contributed by atoms with Gasteiger partial charge in [-0.1, -0.05) is 19.3 Å². The zero-order valence-electron chi connectivity index (χ0n) is 13.0. The fraction of sp³-hybridized carbons (Fsp3) is 0.667. The molecule has 0 aromatic carbocycles. The summed E-state index contributed by atoms with van der Waals surface area (Å²) in [5, 5.41) is 25.4. The average molecular weight is 309 g/mol. The van der Waals surface area contributed by atoms with Crippen LogP contribution < -0.4 is 5.32 Å². The molecular weight excluding hydrogens is 286 g/mol. The van der Waals surface area contributed by atoms with Gasteiger partial charge < -0.3 is 15.5 Å². The Bertz CT molecular complexity index is 559. The molecule has 1 heterocycles. The molecule has 122 valence electrons. The first-order valence-electron chi connectivity index (χ1n) is 7.59. The van der Waals surface area contributed by atoms with Gasteiger partial charge in [-0.3, -0.25) is 9.48 Å². The highest BCUT2D eigenvalue weighted by Gasteiger charge is 2.31. The van der Waals surface area contributed by atoms with E-state index in [1.807, 2.05) is 0 Å². The summed E-state index contributed by atoms with van der Waals surface area (Å²) in [7, 11) is 1.76. The van der Waals surface area contributed by atoms with Crippen LogP contribution in [-0.4, -0.2) is 44.0 Å². The maximum atomic E-state index is 12.3. The topological polar surface area (TPSA) is 104 Å². The van der Waals surface area contributed by atoms with E-state index in [9.17, 15) is 14.7 Å². The third-order valence-electron chi connectivity index (χ3n) is 4.15. The summed E-state index contributed by atoms with van der Waals surface area (Å²) in [6, 6.07) is 0. The van der Waals surface area contributed by atoms with E-state index in [1.54, 1.807) is 17.9 Å². The van der Waals surface area contributed by atoms with Gasteiger partial charge in [0.1, 0.15) is 0 Å². The second-order valence-corrected chi connectivity index (χ2v) is 6.20. The van der Waals surface area contributed by atoms with E-state index in [4.69, 9.17) is 5.11 Å². The van der Waals surface area contributed by atoms with Gasteiger partial charge in [0.2, 0.25) is 0 Å². The Morgan fingerprint density at radius 2 is 2.05 bits per heavy atom. The van der Waals surface area contributed by atoms with Gasteiger partial charge in [0.15, 0.2) is 5.60 Å². The Kier molecular flexibility index (Phi) is 4.85. The maximum absolute atomic E-state index is 12.3. The Morgan fingerprint density at radius 3 is 2.64 bits per heavy atom. The van der Waals surface area contributed by atoms with Gasteiger partial charge in [-0.2, -0.15) is 5.10 Å². The van der Waals surface area contributed by atoms with E-state index in [1.165, 1.54) is 6.42 Å². The van der Waals surface area contributed by atoms with Gasteiger partial charge in [0.05, 0.1) is 17.8 Å². The zero-order valence-corrected chi connectivity index (χ0v) is 13.0. The summed E-state index contributed by atoms with van der Waals surface area (Å²) < 4.78 is 1.61. The second kappa shape index (κ2) is 6.48. The average Bonchev–Trinajstić information content (AvgIpc) is 2.87. The van der Waals surface area contributed by atoms with Gasteiger partial charge in [-0.15, -0.1) is 0 Å². The van der Waals surface area contributed by atoms with Crippen LogP contribution in [0, 0.1) is 0 Å². The molecule has 2 rings (SSSR count). The molecule has 1 amide bonds. The molecule has 0 spiro atoms. The Hall–Kier alpha value is -1.89. The summed E-state index contributed by atoms with van der Waals surface area (Å²) in [4.78, 5) is 23.2. The van der Waals surface area contributed by atoms with Crippen molar-refractivity contribution in [1.29, 1.82) is 0 Å². The molecular formula is C15H23N3O4. The monoisotopic (exact) mass is 309 g/mol. The zero-order chi connectivity index (χ0) is 16.3. The number of amides is 1. The molecule has 1 aliphatic carbocycles. The minimum atomic E-state index is -1.98. The van der Waals surface area contributed by atoms with E-state index in [0.717, 1.165) is 38.3 Å². The van der Waals surface area contributed by atoms with Gasteiger partial charge in [-0.05, 0) is 19.8 Å². The first kappa shape index (κ1) is 16.5. The molecule has 1 aliphatic rings. The summed E-state index contributed by atoms with van der Waals surface area (Å²) in [5.41, 5.74) is -0.742. The number of hydrogen-bond donors (Lipinski definition) is 3. The molecule has 0 saturated heterocycles. The van der Waals surface area contributed by atoms with Crippen molar-refractivity contribution in [3.05, 3.63) is 17.5 Å². The normalized spacial score (nSPS) is 18.7. The Balaban J connectivity index is 2.11. The lowest BCUT2D eigenvalue weighted by Crippen LogP contribution is -2.46. The highest BCUT2D eigenvalue weighted by molar-refractivity contribution is 5.95. The molecule has 1 saturated carbocycles. The molecule has 3 N–H and O–H groups in total. The third kappa shape index (κ3) is 3.65. The van der Waals surface area contributed by atoms with Crippen molar-refractivity contribution in [2.75, 3.05) is 6.54 Å². The number of carbonyl (C=O) groups excluding carboxylic acids is 1. The molecule has 22 heavy (non-hydrogen) atoms. The van der Waals surface area contributed by atoms with Crippen LogP contribution >= 0.6 is 0 Å². The molecule has 1 aromatic heterocycles. The first-order valence-corrected chi connectivity index (χ1v) is 7.59. The van der Waals surface area contributed by atoms with Crippen LogP contribution in [0.25, 0.3) is 0 Å². The predicted molar refractivity (Wildman–Crippen MR) is 79.6 cm³/mol. The van der Waals surface area contributed by atoms with Crippen molar-refractivity contribution >= 4 is 11.9 Å². The highest BCUT2D eigenvalue weighted by Crippen LogP contribution is 2.33. The lowest BCUT2D eigenvalue weighted by atomic mass is 9.85. The number of aliphatic carboxylic acids is 1. The Labute approximate surface area is 129 Å². The number of carbonyl (C=O) groups is 2. The molecule has 0 aliphatic heterocycles. The van der Waals surface area contributed by atoms with Crippen molar-refractivity contribution in [3.63, 3.8) is 0 Å². The molecule has 1 fully saturated rings. The lowest BCUT2D eigenvalue weighted by Gasteiger charge is -2.21. The number of nitrogens with zero attached hydrogens (tertiary/aromatic N) is 2. The quantitative estimate of drug-likeness (QED) is 0.753. The number of carboxylic acid groups (broad SMARTS) is 1. The second-order valence-electron chi connectivity index (χ2n) is 6.20.